The van der Waals surface area contributed by atoms with Crippen molar-refractivity contribution in [1.29, 1.82) is 0 Å². The highest BCUT2D eigenvalue weighted by Crippen LogP contribution is 2.28. The summed E-state index contributed by atoms with van der Waals surface area (Å²) in [6.45, 7) is 10.2. The molecule has 0 spiro atoms. The summed E-state index contributed by atoms with van der Waals surface area (Å²) in [6, 6.07) is 4.45. The fourth-order valence-electron chi connectivity index (χ4n) is 4.44. The zero-order valence-electron chi connectivity index (χ0n) is 18.8. The number of carbonyl (C=O) groups is 1. The fraction of sp³-hybridized carbons (Fsp3) is 0.636. The van der Waals surface area contributed by atoms with Crippen molar-refractivity contribution in [1.82, 2.24) is 13.8 Å². The van der Waals surface area contributed by atoms with E-state index in [1.807, 2.05) is 13.8 Å². The summed E-state index contributed by atoms with van der Waals surface area (Å²) >= 11 is 0. The number of hydrogen-bond acceptors (Lipinski definition) is 5. The number of aromatic nitrogens is 1. The maximum atomic E-state index is 13.2. The van der Waals surface area contributed by atoms with Gasteiger partial charge >= 0.3 is 5.76 Å². The van der Waals surface area contributed by atoms with Crippen LogP contribution in [0.25, 0.3) is 11.1 Å². The largest absolute Gasteiger partial charge is 0.420 e. The molecule has 8 nitrogen and oxygen atoms in total. The molecule has 9 heteroatoms. The van der Waals surface area contributed by atoms with Gasteiger partial charge in [0.25, 0.3) is 0 Å². The molecule has 0 saturated carbocycles. The molecule has 0 aliphatic carbocycles. The summed E-state index contributed by atoms with van der Waals surface area (Å²) in [5.41, 5.74) is 0.597. The molecule has 31 heavy (non-hydrogen) atoms. The molecule has 1 saturated heterocycles. The number of fused-ring (bicyclic) bond motifs is 1. The Morgan fingerprint density at radius 1 is 1.13 bits per heavy atom. The van der Waals surface area contributed by atoms with E-state index in [0.717, 1.165) is 19.3 Å². The molecule has 0 unspecified atom stereocenters. The zero-order valence-corrected chi connectivity index (χ0v) is 19.7. The Labute approximate surface area is 183 Å². The summed E-state index contributed by atoms with van der Waals surface area (Å²) in [6.07, 6.45) is 2.67. The van der Waals surface area contributed by atoms with Crippen molar-refractivity contribution < 1.29 is 17.6 Å². The highest BCUT2D eigenvalue weighted by molar-refractivity contribution is 7.89. The number of sulfonamides is 1. The van der Waals surface area contributed by atoms with Gasteiger partial charge in [0.15, 0.2) is 5.58 Å². The molecule has 2 heterocycles. The van der Waals surface area contributed by atoms with Gasteiger partial charge in [0, 0.05) is 32.2 Å². The maximum absolute atomic E-state index is 13.2. The number of rotatable bonds is 8. The van der Waals surface area contributed by atoms with Crippen molar-refractivity contribution in [2.75, 3.05) is 26.2 Å². The van der Waals surface area contributed by atoms with Crippen molar-refractivity contribution in [3.63, 3.8) is 0 Å². The first-order valence-electron chi connectivity index (χ1n) is 11.1. The minimum absolute atomic E-state index is 0.104. The lowest BCUT2D eigenvalue weighted by Gasteiger charge is -2.34. The molecule has 1 fully saturated rings. The van der Waals surface area contributed by atoms with Crippen molar-refractivity contribution in [3.05, 3.63) is 28.7 Å². The lowest BCUT2D eigenvalue weighted by molar-refractivity contribution is -0.132. The molecule has 1 amide bonds. The average Bonchev–Trinajstić information content (AvgIpc) is 3.01. The topological polar surface area (TPSA) is 92.8 Å². The monoisotopic (exact) mass is 451 g/mol. The Balaban J connectivity index is 1.90. The number of hydrogen-bond donors (Lipinski definition) is 0. The SMILES string of the molecule is CCCN(CCC)C(=O)Cn1c(=O)oc2cc(S(=O)(=O)N3C[C@H](C)C[C@@H](C)C3)ccc21. The van der Waals surface area contributed by atoms with E-state index in [1.165, 1.54) is 21.0 Å². The van der Waals surface area contributed by atoms with E-state index in [0.29, 0.717) is 43.5 Å². The standard InChI is InChI=1S/C22H33N3O5S/c1-5-9-23(10-6-2)21(26)15-25-19-8-7-18(12-20(19)30-22(25)27)31(28,29)24-13-16(3)11-17(4)14-24/h7-8,12,16-17H,5-6,9-11,13-15H2,1-4H3/t16-,17-/m1/s1. The molecule has 0 N–H and O–H groups in total. The van der Waals surface area contributed by atoms with E-state index in [-0.39, 0.29) is 22.9 Å². The third kappa shape index (κ3) is 5.03. The van der Waals surface area contributed by atoms with Crippen LogP contribution in [0.15, 0.2) is 32.3 Å². The predicted molar refractivity (Wildman–Crippen MR) is 119 cm³/mol. The minimum atomic E-state index is -3.69. The van der Waals surface area contributed by atoms with Crippen LogP contribution in [0.2, 0.25) is 0 Å². The third-order valence-electron chi connectivity index (χ3n) is 5.75. The van der Waals surface area contributed by atoms with Crippen molar-refractivity contribution in [3.8, 4) is 0 Å². The molecule has 2 aromatic rings. The number of nitrogens with zero attached hydrogens (tertiary/aromatic N) is 3. The Morgan fingerprint density at radius 3 is 2.32 bits per heavy atom. The highest BCUT2D eigenvalue weighted by Gasteiger charge is 2.32. The maximum Gasteiger partial charge on any atom is 0.420 e. The van der Waals surface area contributed by atoms with Crippen molar-refractivity contribution in [2.45, 2.75) is 58.4 Å². The van der Waals surface area contributed by atoms with Crippen LogP contribution in [0.1, 0.15) is 47.0 Å². The molecular formula is C22H33N3O5S. The van der Waals surface area contributed by atoms with Gasteiger partial charge in [-0.15, -0.1) is 0 Å². The Bertz CT molecular complexity index is 1070. The Hall–Kier alpha value is -2.13. The molecular weight excluding hydrogens is 418 g/mol. The molecule has 0 radical (unpaired) electrons. The second kappa shape index (κ2) is 9.56. The lowest BCUT2D eigenvalue weighted by Crippen LogP contribution is -2.42. The summed E-state index contributed by atoms with van der Waals surface area (Å²) in [4.78, 5) is 27.0. The van der Waals surface area contributed by atoms with Crippen LogP contribution in [-0.2, 0) is 21.4 Å². The van der Waals surface area contributed by atoms with Gasteiger partial charge in [-0.2, -0.15) is 4.31 Å². The molecule has 1 aromatic heterocycles. The van der Waals surface area contributed by atoms with Gasteiger partial charge in [-0.1, -0.05) is 27.7 Å². The molecule has 1 aliphatic rings. The second-order valence-corrected chi connectivity index (χ2v) is 10.7. The van der Waals surface area contributed by atoms with Crippen molar-refractivity contribution >= 4 is 27.0 Å². The summed E-state index contributed by atoms with van der Waals surface area (Å²) in [5, 5.41) is 0. The fourth-order valence-corrected chi connectivity index (χ4v) is 6.14. The van der Waals surface area contributed by atoms with Crippen LogP contribution in [-0.4, -0.2) is 54.3 Å². The van der Waals surface area contributed by atoms with E-state index >= 15 is 0 Å². The summed E-state index contributed by atoms with van der Waals surface area (Å²) in [5.74, 6) is -0.226. The predicted octanol–water partition coefficient (Wildman–Crippen LogP) is 2.91. The number of benzene rings is 1. The van der Waals surface area contributed by atoms with Crippen LogP contribution >= 0.6 is 0 Å². The van der Waals surface area contributed by atoms with Crippen molar-refractivity contribution in [2.24, 2.45) is 11.8 Å². The van der Waals surface area contributed by atoms with Crippen LogP contribution in [0.4, 0.5) is 0 Å². The van der Waals surface area contributed by atoms with Crippen LogP contribution in [0, 0.1) is 11.8 Å². The van der Waals surface area contributed by atoms with Crippen LogP contribution < -0.4 is 5.76 Å². The Morgan fingerprint density at radius 2 is 1.74 bits per heavy atom. The number of piperidine rings is 1. The minimum Gasteiger partial charge on any atom is -0.408 e. The van der Waals surface area contributed by atoms with E-state index in [4.69, 9.17) is 4.42 Å². The molecule has 2 atom stereocenters. The molecule has 1 aliphatic heterocycles. The van der Waals surface area contributed by atoms with Crippen LogP contribution in [0.3, 0.4) is 0 Å². The van der Waals surface area contributed by atoms with Gasteiger partial charge in [0.05, 0.1) is 10.4 Å². The molecule has 1 aromatic carbocycles. The third-order valence-corrected chi connectivity index (χ3v) is 7.57. The summed E-state index contributed by atoms with van der Waals surface area (Å²) in [7, 11) is -3.69. The Kier molecular flexibility index (Phi) is 7.26. The van der Waals surface area contributed by atoms with E-state index in [1.54, 1.807) is 11.0 Å². The first-order chi connectivity index (χ1) is 14.7. The first kappa shape index (κ1) is 23.5. The highest BCUT2D eigenvalue weighted by atomic mass is 32.2. The first-order valence-corrected chi connectivity index (χ1v) is 12.5. The number of amides is 1. The van der Waals surface area contributed by atoms with Gasteiger partial charge in [-0.05, 0) is 43.2 Å². The zero-order chi connectivity index (χ0) is 22.8. The molecule has 0 bridgehead atoms. The van der Waals surface area contributed by atoms with Gasteiger partial charge in [0.2, 0.25) is 15.9 Å². The quantitative estimate of drug-likeness (QED) is 0.615. The number of carbonyl (C=O) groups excluding carboxylic acids is 1. The van der Waals surface area contributed by atoms with Crippen LogP contribution in [0.5, 0.6) is 0 Å². The van der Waals surface area contributed by atoms with E-state index < -0.39 is 15.8 Å². The van der Waals surface area contributed by atoms with Gasteiger partial charge in [-0.25, -0.2) is 13.2 Å². The normalized spacial score (nSPS) is 20.3. The van der Waals surface area contributed by atoms with Gasteiger partial charge in [0.1, 0.15) is 6.54 Å². The lowest BCUT2D eigenvalue weighted by atomic mass is 9.94. The number of oxazole rings is 1. The van der Waals surface area contributed by atoms with Gasteiger partial charge in [-0.3, -0.25) is 9.36 Å². The summed E-state index contributed by atoms with van der Waals surface area (Å²) < 4.78 is 34.4. The van der Waals surface area contributed by atoms with Gasteiger partial charge < -0.3 is 9.32 Å². The second-order valence-electron chi connectivity index (χ2n) is 8.73. The molecule has 172 valence electrons. The molecule has 3 rings (SSSR count). The average molecular weight is 452 g/mol. The van der Waals surface area contributed by atoms with E-state index in [2.05, 4.69) is 13.8 Å². The smallest absolute Gasteiger partial charge is 0.408 e. The van der Waals surface area contributed by atoms with E-state index in [9.17, 15) is 18.0 Å².